The largest absolute Gasteiger partial charge is 0.453 e. The number of carbonyl (C=O) groups excluding carboxylic acids is 3. The minimum Gasteiger partial charge on any atom is -0.453 e. The van der Waals surface area contributed by atoms with E-state index in [-0.39, 0.29) is 27.6 Å². The number of furan rings is 1. The second-order valence-electron chi connectivity index (χ2n) is 6.05. The Bertz CT molecular complexity index is 1090. The Hall–Kier alpha value is -3.45. The molecular weight excluding hydrogens is 401 g/mol. The predicted molar refractivity (Wildman–Crippen MR) is 105 cm³/mol. The summed E-state index contributed by atoms with van der Waals surface area (Å²) in [5.41, 5.74) is 1.10. The van der Waals surface area contributed by atoms with Crippen LogP contribution >= 0.6 is 11.6 Å². The molecule has 0 unspecified atom stereocenters. The third-order valence-electron chi connectivity index (χ3n) is 4.09. The van der Waals surface area contributed by atoms with Crippen LogP contribution in [0.5, 0.6) is 0 Å². The highest BCUT2D eigenvalue weighted by molar-refractivity contribution is 6.33. The zero-order valence-corrected chi connectivity index (χ0v) is 16.0. The maximum absolute atomic E-state index is 13.5. The minimum atomic E-state index is -0.815. The molecule has 0 saturated heterocycles. The summed E-state index contributed by atoms with van der Waals surface area (Å²) in [5, 5.41) is 2.61. The van der Waals surface area contributed by atoms with Gasteiger partial charge in [-0.15, -0.1) is 0 Å². The Morgan fingerprint density at radius 2 is 2.00 bits per heavy atom. The van der Waals surface area contributed by atoms with Crippen LogP contribution in [0.4, 0.5) is 10.1 Å². The van der Waals surface area contributed by atoms with E-state index in [0.717, 1.165) is 0 Å². The molecule has 0 bridgehead atoms. The predicted octanol–water partition coefficient (Wildman–Crippen LogP) is 4.66. The van der Waals surface area contributed by atoms with Crippen molar-refractivity contribution in [2.24, 2.45) is 0 Å². The number of nitrogens with one attached hydrogen (secondary N) is 1. The Morgan fingerprint density at radius 1 is 1.21 bits per heavy atom. The third-order valence-corrected chi connectivity index (χ3v) is 4.42. The molecule has 0 radical (unpaired) electrons. The molecule has 1 heterocycles. The van der Waals surface area contributed by atoms with Gasteiger partial charge in [0.25, 0.3) is 5.91 Å². The first-order valence-electron chi connectivity index (χ1n) is 8.46. The minimum absolute atomic E-state index is 0.0305. The zero-order chi connectivity index (χ0) is 21.0. The zero-order valence-electron chi connectivity index (χ0n) is 15.2. The van der Waals surface area contributed by atoms with Gasteiger partial charge >= 0.3 is 5.97 Å². The highest BCUT2D eigenvalue weighted by Crippen LogP contribution is 2.27. The van der Waals surface area contributed by atoms with Gasteiger partial charge in [0, 0.05) is 16.8 Å². The molecule has 1 N–H and O–H groups in total. The van der Waals surface area contributed by atoms with Gasteiger partial charge in [-0.3, -0.25) is 9.59 Å². The number of benzene rings is 2. The van der Waals surface area contributed by atoms with Crippen LogP contribution < -0.4 is 5.32 Å². The van der Waals surface area contributed by atoms with Gasteiger partial charge < -0.3 is 14.5 Å². The summed E-state index contributed by atoms with van der Waals surface area (Å²) in [5.74, 6) is -1.38. The van der Waals surface area contributed by atoms with Crippen molar-refractivity contribution in [2.75, 3.05) is 11.9 Å². The molecule has 2 aromatic carbocycles. The van der Waals surface area contributed by atoms with E-state index < -0.39 is 24.3 Å². The molecule has 8 heteroatoms. The lowest BCUT2D eigenvalue weighted by molar-refractivity contribution is -0.119. The average molecular weight is 416 g/mol. The van der Waals surface area contributed by atoms with Gasteiger partial charge in [-0.05, 0) is 49.4 Å². The van der Waals surface area contributed by atoms with E-state index >= 15 is 0 Å². The maximum atomic E-state index is 13.5. The summed E-state index contributed by atoms with van der Waals surface area (Å²) < 4.78 is 23.9. The molecule has 0 aliphatic carbocycles. The van der Waals surface area contributed by atoms with E-state index in [2.05, 4.69) is 5.32 Å². The van der Waals surface area contributed by atoms with Gasteiger partial charge in [0.1, 0.15) is 11.6 Å². The van der Waals surface area contributed by atoms with Crippen molar-refractivity contribution in [1.29, 1.82) is 0 Å². The molecule has 0 aliphatic heterocycles. The summed E-state index contributed by atoms with van der Waals surface area (Å²) in [4.78, 5) is 35.1. The monoisotopic (exact) mass is 415 g/mol. The number of esters is 1. The molecule has 0 spiro atoms. The fourth-order valence-corrected chi connectivity index (χ4v) is 2.74. The number of aldehydes is 1. The maximum Gasteiger partial charge on any atom is 0.340 e. The lowest BCUT2D eigenvalue weighted by Gasteiger charge is -2.10. The van der Waals surface area contributed by atoms with Gasteiger partial charge in [-0.25, -0.2) is 9.18 Å². The molecule has 29 heavy (non-hydrogen) atoms. The van der Waals surface area contributed by atoms with Crippen LogP contribution in [0.15, 0.2) is 52.9 Å². The quantitative estimate of drug-likeness (QED) is 0.467. The number of halogens is 2. The summed E-state index contributed by atoms with van der Waals surface area (Å²) in [6.07, 6.45) is 0.563. The second-order valence-corrected chi connectivity index (χ2v) is 6.46. The number of hydrogen-bond donors (Lipinski definition) is 1. The molecule has 3 aromatic rings. The van der Waals surface area contributed by atoms with Gasteiger partial charge in [-0.1, -0.05) is 17.7 Å². The standard InChI is InChI=1S/C21H15ClFNO5/c1-12-17(23)3-2-4-18(12)24-20(26)11-28-21(27)15-9-13(5-7-16(15)22)19-8-6-14(10-25)29-19/h2-10H,11H2,1H3,(H,24,26). The molecule has 148 valence electrons. The highest BCUT2D eigenvalue weighted by atomic mass is 35.5. The van der Waals surface area contributed by atoms with Crippen LogP contribution in [0.1, 0.15) is 26.5 Å². The smallest absolute Gasteiger partial charge is 0.340 e. The van der Waals surface area contributed by atoms with Gasteiger partial charge in [0.2, 0.25) is 0 Å². The van der Waals surface area contributed by atoms with Gasteiger partial charge in [0.05, 0.1) is 10.6 Å². The number of ether oxygens (including phenoxy) is 1. The number of anilines is 1. The van der Waals surface area contributed by atoms with Crippen molar-refractivity contribution in [3.63, 3.8) is 0 Å². The Labute approximate surface area is 170 Å². The van der Waals surface area contributed by atoms with Crippen molar-refractivity contribution in [3.8, 4) is 11.3 Å². The SMILES string of the molecule is Cc1c(F)cccc1NC(=O)COC(=O)c1cc(-c2ccc(C=O)o2)ccc1Cl. The molecule has 6 nitrogen and oxygen atoms in total. The summed E-state index contributed by atoms with van der Waals surface area (Å²) >= 11 is 6.06. The van der Waals surface area contributed by atoms with Crippen LogP contribution in [0.2, 0.25) is 5.02 Å². The number of amides is 1. The Morgan fingerprint density at radius 3 is 2.72 bits per heavy atom. The van der Waals surface area contributed by atoms with Crippen molar-refractivity contribution >= 4 is 35.5 Å². The van der Waals surface area contributed by atoms with Gasteiger partial charge in [-0.2, -0.15) is 0 Å². The molecule has 0 saturated carbocycles. The molecule has 1 aromatic heterocycles. The van der Waals surface area contributed by atoms with Crippen LogP contribution in [0.3, 0.4) is 0 Å². The molecule has 0 fully saturated rings. The van der Waals surface area contributed by atoms with E-state index in [0.29, 0.717) is 17.6 Å². The third kappa shape index (κ3) is 4.70. The van der Waals surface area contributed by atoms with Crippen molar-refractivity contribution in [3.05, 3.63) is 76.3 Å². The second kappa shape index (κ2) is 8.70. The number of rotatable bonds is 6. The van der Waals surface area contributed by atoms with E-state index in [9.17, 15) is 18.8 Å². The molecule has 0 atom stereocenters. The molecule has 0 aliphatic rings. The van der Waals surface area contributed by atoms with E-state index in [1.807, 2.05) is 0 Å². The lowest BCUT2D eigenvalue weighted by Crippen LogP contribution is -2.21. The topological polar surface area (TPSA) is 85.6 Å². The van der Waals surface area contributed by atoms with E-state index in [1.54, 1.807) is 12.1 Å². The summed E-state index contributed by atoms with van der Waals surface area (Å²) in [6, 6.07) is 11.9. The number of carbonyl (C=O) groups is 3. The van der Waals surface area contributed by atoms with E-state index in [1.165, 1.54) is 43.3 Å². The highest BCUT2D eigenvalue weighted by Gasteiger charge is 2.17. The fourth-order valence-electron chi connectivity index (χ4n) is 2.54. The normalized spacial score (nSPS) is 10.4. The first-order valence-corrected chi connectivity index (χ1v) is 8.84. The van der Waals surface area contributed by atoms with Gasteiger partial charge in [0.15, 0.2) is 18.7 Å². The lowest BCUT2D eigenvalue weighted by atomic mass is 10.1. The van der Waals surface area contributed by atoms with Crippen LogP contribution in [-0.4, -0.2) is 24.8 Å². The average Bonchev–Trinajstić information content (AvgIpc) is 3.19. The van der Waals surface area contributed by atoms with Crippen LogP contribution in [0.25, 0.3) is 11.3 Å². The van der Waals surface area contributed by atoms with Crippen molar-refractivity contribution in [2.45, 2.75) is 6.92 Å². The number of hydrogen-bond acceptors (Lipinski definition) is 5. The van der Waals surface area contributed by atoms with Crippen molar-refractivity contribution < 1.29 is 27.9 Å². The fraction of sp³-hybridized carbons (Fsp3) is 0.0952. The molecule has 1 amide bonds. The van der Waals surface area contributed by atoms with E-state index in [4.69, 9.17) is 20.8 Å². The summed E-state index contributed by atoms with van der Waals surface area (Å²) in [7, 11) is 0. The Balaban J connectivity index is 1.68. The van der Waals surface area contributed by atoms with Crippen molar-refractivity contribution in [1.82, 2.24) is 0 Å². The molecule has 3 rings (SSSR count). The summed E-state index contributed by atoms with van der Waals surface area (Å²) in [6.45, 7) is 0.943. The first-order chi connectivity index (χ1) is 13.9. The van der Waals surface area contributed by atoms with Crippen LogP contribution in [-0.2, 0) is 9.53 Å². The molecular formula is C21H15ClFNO5. The van der Waals surface area contributed by atoms with Crippen LogP contribution in [0, 0.1) is 12.7 Å². The Kier molecular flexibility index (Phi) is 6.09. The first kappa shape index (κ1) is 20.3.